The van der Waals surface area contributed by atoms with E-state index in [2.05, 4.69) is 12.2 Å². The van der Waals surface area contributed by atoms with Crippen molar-refractivity contribution >= 4 is 5.91 Å². The lowest BCUT2D eigenvalue weighted by Crippen LogP contribution is -2.34. The molecule has 1 atom stereocenters. The maximum absolute atomic E-state index is 12.5. The molecule has 18 heavy (non-hydrogen) atoms. The van der Waals surface area contributed by atoms with Crippen LogP contribution in [0.25, 0.3) is 0 Å². The SMILES string of the molecule is COc1ccccc1C(=O)N1CCNC(C)CC1. The molecule has 1 aromatic rings. The van der Waals surface area contributed by atoms with Gasteiger partial charge in [0.05, 0.1) is 12.7 Å². The van der Waals surface area contributed by atoms with Gasteiger partial charge >= 0.3 is 0 Å². The smallest absolute Gasteiger partial charge is 0.257 e. The molecule has 1 N–H and O–H groups in total. The van der Waals surface area contributed by atoms with Crippen LogP contribution in [-0.4, -0.2) is 43.6 Å². The zero-order valence-corrected chi connectivity index (χ0v) is 11.0. The lowest BCUT2D eigenvalue weighted by Gasteiger charge is -2.21. The number of benzene rings is 1. The highest BCUT2D eigenvalue weighted by Crippen LogP contribution is 2.19. The maximum atomic E-state index is 12.5. The van der Waals surface area contributed by atoms with Crippen LogP contribution in [-0.2, 0) is 0 Å². The van der Waals surface area contributed by atoms with Gasteiger partial charge in [-0.25, -0.2) is 0 Å². The molecule has 1 aliphatic heterocycles. The molecule has 2 rings (SSSR count). The summed E-state index contributed by atoms with van der Waals surface area (Å²) in [5.74, 6) is 0.705. The van der Waals surface area contributed by atoms with Crippen LogP contribution in [0.15, 0.2) is 24.3 Å². The van der Waals surface area contributed by atoms with E-state index in [1.54, 1.807) is 7.11 Å². The van der Waals surface area contributed by atoms with Crippen LogP contribution in [0.2, 0.25) is 0 Å². The Morgan fingerprint density at radius 3 is 2.94 bits per heavy atom. The molecule has 0 bridgehead atoms. The van der Waals surface area contributed by atoms with E-state index in [0.29, 0.717) is 17.4 Å². The minimum Gasteiger partial charge on any atom is -0.496 e. The molecule has 1 saturated heterocycles. The number of amides is 1. The van der Waals surface area contributed by atoms with E-state index in [4.69, 9.17) is 4.74 Å². The van der Waals surface area contributed by atoms with Crippen molar-refractivity contribution in [3.63, 3.8) is 0 Å². The van der Waals surface area contributed by atoms with Crippen molar-refractivity contribution in [3.8, 4) is 5.75 Å². The molecule has 98 valence electrons. The highest BCUT2D eigenvalue weighted by Gasteiger charge is 2.21. The molecular weight excluding hydrogens is 228 g/mol. The Morgan fingerprint density at radius 1 is 1.39 bits per heavy atom. The minimum atomic E-state index is 0.0587. The molecule has 1 amide bonds. The Hall–Kier alpha value is -1.55. The van der Waals surface area contributed by atoms with Gasteiger partial charge in [0.15, 0.2) is 0 Å². The summed E-state index contributed by atoms with van der Waals surface area (Å²) < 4.78 is 5.25. The average Bonchev–Trinajstić information content (AvgIpc) is 2.62. The van der Waals surface area contributed by atoms with Crippen molar-refractivity contribution in [1.29, 1.82) is 0 Å². The molecule has 1 heterocycles. The summed E-state index contributed by atoms with van der Waals surface area (Å²) in [7, 11) is 1.60. The van der Waals surface area contributed by atoms with E-state index >= 15 is 0 Å². The van der Waals surface area contributed by atoms with Crippen molar-refractivity contribution in [2.24, 2.45) is 0 Å². The third kappa shape index (κ3) is 2.82. The Morgan fingerprint density at radius 2 is 2.17 bits per heavy atom. The van der Waals surface area contributed by atoms with Crippen LogP contribution in [0, 0.1) is 0 Å². The highest BCUT2D eigenvalue weighted by molar-refractivity contribution is 5.97. The molecule has 0 radical (unpaired) electrons. The van der Waals surface area contributed by atoms with E-state index in [9.17, 15) is 4.79 Å². The molecule has 0 saturated carbocycles. The molecule has 0 aliphatic carbocycles. The molecule has 4 nitrogen and oxygen atoms in total. The Labute approximate surface area is 108 Å². The van der Waals surface area contributed by atoms with Gasteiger partial charge in [-0.3, -0.25) is 4.79 Å². The van der Waals surface area contributed by atoms with Gasteiger partial charge < -0.3 is 15.0 Å². The van der Waals surface area contributed by atoms with Crippen LogP contribution in [0.5, 0.6) is 5.75 Å². The molecular formula is C14H20N2O2. The van der Waals surface area contributed by atoms with Gasteiger partial charge in [-0.05, 0) is 25.5 Å². The van der Waals surface area contributed by atoms with Crippen molar-refractivity contribution < 1.29 is 9.53 Å². The fourth-order valence-corrected chi connectivity index (χ4v) is 2.20. The topological polar surface area (TPSA) is 41.6 Å². The first kappa shape index (κ1) is 12.9. The van der Waals surface area contributed by atoms with Crippen molar-refractivity contribution in [2.75, 3.05) is 26.7 Å². The fraction of sp³-hybridized carbons (Fsp3) is 0.500. The summed E-state index contributed by atoms with van der Waals surface area (Å²) in [6.45, 7) is 4.55. The fourth-order valence-electron chi connectivity index (χ4n) is 2.20. The summed E-state index contributed by atoms with van der Waals surface area (Å²) in [5.41, 5.74) is 0.648. The molecule has 0 spiro atoms. The van der Waals surface area contributed by atoms with Gasteiger partial charge in [0.1, 0.15) is 5.75 Å². The summed E-state index contributed by atoms with van der Waals surface area (Å²) in [6, 6.07) is 7.87. The second-order valence-electron chi connectivity index (χ2n) is 4.64. The zero-order chi connectivity index (χ0) is 13.0. The average molecular weight is 248 g/mol. The first-order chi connectivity index (χ1) is 8.72. The van der Waals surface area contributed by atoms with Gasteiger partial charge in [0.25, 0.3) is 5.91 Å². The maximum Gasteiger partial charge on any atom is 0.257 e. The van der Waals surface area contributed by atoms with Crippen LogP contribution < -0.4 is 10.1 Å². The predicted molar refractivity (Wildman–Crippen MR) is 71.0 cm³/mol. The number of carbonyl (C=O) groups excluding carboxylic acids is 1. The largest absolute Gasteiger partial charge is 0.496 e. The summed E-state index contributed by atoms with van der Waals surface area (Å²) in [6.07, 6.45) is 0.987. The van der Waals surface area contributed by atoms with Gasteiger partial charge in [0, 0.05) is 25.7 Å². The van der Waals surface area contributed by atoms with Gasteiger partial charge in [-0.2, -0.15) is 0 Å². The second kappa shape index (κ2) is 5.87. The number of nitrogens with zero attached hydrogens (tertiary/aromatic N) is 1. The van der Waals surface area contributed by atoms with Crippen LogP contribution in [0.3, 0.4) is 0 Å². The normalized spacial score (nSPS) is 20.3. The number of hydrogen-bond acceptors (Lipinski definition) is 3. The molecule has 1 fully saturated rings. The van der Waals surface area contributed by atoms with E-state index < -0.39 is 0 Å². The molecule has 1 aliphatic rings. The number of methoxy groups -OCH3 is 1. The molecule has 1 unspecified atom stereocenters. The summed E-state index contributed by atoms with van der Waals surface area (Å²) in [4.78, 5) is 14.4. The van der Waals surface area contributed by atoms with Crippen molar-refractivity contribution in [3.05, 3.63) is 29.8 Å². The standard InChI is InChI=1S/C14H20N2O2/c1-11-7-9-16(10-8-15-11)14(17)12-5-3-4-6-13(12)18-2/h3-6,11,15H,7-10H2,1-2H3. The lowest BCUT2D eigenvalue weighted by molar-refractivity contribution is 0.0762. The second-order valence-corrected chi connectivity index (χ2v) is 4.64. The Bertz CT molecular complexity index is 420. The van der Waals surface area contributed by atoms with Crippen LogP contribution in [0.4, 0.5) is 0 Å². The van der Waals surface area contributed by atoms with E-state index in [-0.39, 0.29) is 5.91 Å². The predicted octanol–water partition coefficient (Wildman–Crippen LogP) is 1.52. The van der Waals surface area contributed by atoms with Crippen molar-refractivity contribution in [1.82, 2.24) is 10.2 Å². The Kier molecular flexibility index (Phi) is 4.20. The minimum absolute atomic E-state index is 0.0587. The molecule has 4 heteroatoms. The van der Waals surface area contributed by atoms with E-state index in [1.807, 2.05) is 29.2 Å². The Balaban J connectivity index is 2.15. The molecule has 0 aromatic heterocycles. The number of nitrogens with one attached hydrogen (secondary N) is 1. The number of para-hydroxylation sites is 1. The first-order valence-electron chi connectivity index (χ1n) is 6.38. The number of hydrogen-bond donors (Lipinski definition) is 1. The van der Waals surface area contributed by atoms with Crippen molar-refractivity contribution in [2.45, 2.75) is 19.4 Å². The van der Waals surface area contributed by atoms with Crippen LogP contribution >= 0.6 is 0 Å². The molecule has 1 aromatic carbocycles. The third-order valence-electron chi connectivity index (χ3n) is 3.33. The summed E-state index contributed by atoms with van der Waals surface area (Å²) in [5, 5.41) is 3.38. The number of carbonyl (C=O) groups is 1. The first-order valence-corrected chi connectivity index (χ1v) is 6.38. The van der Waals surface area contributed by atoms with Gasteiger partial charge in [-0.1, -0.05) is 12.1 Å². The highest BCUT2D eigenvalue weighted by atomic mass is 16.5. The van der Waals surface area contributed by atoms with Gasteiger partial charge in [0.2, 0.25) is 0 Å². The quantitative estimate of drug-likeness (QED) is 0.862. The number of rotatable bonds is 2. The lowest BCUT2D eigenvalue weighted by atomic mass is 10.1. The zero-order valence-electron chi connectivity index (χ0n) is 11.0. The van der Waals surface area contributed by atoms with Crippen LogP contribution in [0.1, 0.15) is 23.7 Å². The third-order valence-corrected chi connectivity index (χ3v) is 3.33. The number of ether oxygens (including phenoxy) is 1. The monoisotopic (exact) mass is 248 g/mol. The summed E-state index contributed by atoms with van der Waals surface area (Å²) >= 11 is 0. The van der Waals surface area contributed by atoms with E-state index in [1.165, 1.54) is 0 Å². The van der Waals surface area contributed by atoms with E-state index in [0.717, 1.165) is 26.1 Å². The van der Waals surface area contributed by atoms with Gasteiger partial charge in [-0.15, -0.1) is 0 Å².